The van der Waals surface area contributed by atoms with Crippen molar-refractivity contribution in [2.24, 2.45) is 0 Å². The Labute approximate surface area is 136 Å². The standard InChI is InChI=1S/C17H15F3N2O2/c1-11-5-4-6-12(9-11)16(24)21-10-15(23)22-14-8-3-2-7-13(14)17(18,19)20/h2-9H,10H2,1H3,(H,21,24)(H,22,23). The Balaban J connectivity index is 1.98. The Morgan fingerprint density at radius 2 is 1.75 bits per heavy atom. The molecule has 0 radical (unpaired) electrons. The van der Waals surface area contributed by atoms with E-state index in [0.29, 0.717) is 5.56 Å². The van der Waals surface area contributed by atoms with Crippen molar-refractivity contribution < 1.29 is 22.8 Å². The third-order valence-corrected chi connectivity index (χ3v) is 3.20. The van der Waals surface area contributed by atoms with E-state index in [0.717, 1.165) is 17.7 Å². The quantitative estimate of drug-likeness (QED) is 0.899. The number of para-hydroxylation sites is 1. The monoisotopic (exact) mass is 336 g/mol. The van der Waals surface area contributed by atoms with Gasteiger partial charge in [0.1, 0.15) is 0 Å². The van der Waals surface area contributed by atoms with Gasteiger partial charge in [0, 0.05) is 5.56 Å². The summed E-state index contributed by atoms with van der Waals surface area (Å²) in [6, 6.07) is 11.4. The molecule has 2 aromatic carbocycles. The van der Waals surface area contributed by atoms with Crippen molar-refractivity contribution in [1.29, 1.82) is 0 Å². The van der Waals surface area contributed by atoms with Crippen molar-refractivity contribution in [1.82, 2.24) is 5.32 Å². The van der Waals surface area contributed by atoms with Gasteiger partial charge < -0.3 is 10.6 Å². The van der Waals surface area contributed by atoms with Crippen LogP contribution in [0.25, 0.3) is 0 Å². The highest BCUT2D eigenvalue weighted by Crippen LogP contribution is 2.34. The van der Waals surface area contributed by atoms with Crippen LogP contribution < -0.4 is 10.6 Å². The summed E-state index contributed by atoms with van der Waals surface area (Å²) in [6.45, 7) is 1.39. The molecule has 2 amide bonds. The molecule has 0 atom stereocenters. The van der Waals surface area contributed by atoms with Crippen LogP contribution in [0.1, 0.15) is 21.5 Å². The number of nitrogens with one attached hydrogen (secondary N) is 2. The van der Waals surface area contributed by atoms with Gasteiger partial charge in [-0.2, -0.15) is 13.2 Å². The molecule has 0 saturated heterocycles. The molecule has 0 aliphatic rings. The molecule has 2 N–H and O–H groups in total. The fourth-order valence-electron chi connectivity index (χ4n) is 2.08. The average molecular weight is 336 g/mol. The molecule has 7 heteroatoms. The van der Waals surface area contributed by atoms with Crippen LogP contribution in [0.2, 0.25) is 0 Å². The van der Waals surface area contributed by atoms with Crippen molar-refractivity contribution in [2.75, 3.05) is 11.9 Å². The lowest BCUT2D eigenvalue weighted by molar-refractivity contribution is -0.137. The van der Waals surface area contributed by atoms with Gasteiger partial charge in [0.25, 0.3) is 5.91 Å². The number of anilines is 1. The lowest BCUT2D eigenvalue weighted by atomic mass is 10.1. The molecule has 0 saturated carbocycles. The Hall–Kier alpha value is -2.83. The van der Waals surface area contributed by atoms with E-state index in [4.69, 9.17) is 0 Å². The van der Waals surface area contributed by atoms with Crippen LogP contribution in [0.4, 0.5) is 18.9 Å². The van der Waals surface area contributed by atoms with Crippen molar-refractivity contribution in [2.45, 2.75) is 13.1 Å². The second-order valence-corrected chi connectivity index (χ2v) is 5.14. The highest BCUT2D eigenvalue weighted by molar-refractivity contribution is 5.99. The third kappa shape index (κ3) is 4.58. The fourth-order valence-corrected chi connectivity index (χ4v) is 2.08. The zero-order valence-electron chi connectivity index (χ0n) is 12.8. The minimum atomic E-state index is -4.57. The molecule has 0 spiro atoms. The number of hydrogen-bond donors (Lipinski definition) is 2. The summed E-state index contributed by atoms with van der Waals surface area (Å²) in [4.78, 5) is 23.7. The molecule has 2 aromatic rings. The molecule has 126 valence electrons. The summed E-state index contributed by atoms with van der Waals surface area (Å²) in [6.07, 6.45) is -4.57. The second-order valence-electron chi connectivity index (χ2n) is 5.14. The maximum Gasteiger partial charge on any atom is 0.418 e. The third-order valence-electron chi connectivity index (χ3n) is 3.20. The number of benzene rings is 2. The first-order valence-electron chi connectivity index (χ1n) is 7.08. The largest absolute Gasteiger partial charge is 0.418 e. The molecule has 24 heavy (non-hydrogen) atoms. The van der Waals surface area contributed by atoms with Crippen LogP contribution in [0, 0.1) is 6.92 Å². The predicted molar refractivity (Wildman–Crippen MR) is 83.6 cm³/mol. The Morgan fingerprint density at radius 1 is 1.04 bits per heavy atom. The minimum absolute atomic E-state index is 0.347. The number of hydrogen-bond acceptors (Lipinski definition) is 2. The molecule has 0 fully saturated rings. The Kier molecular flexibility index (Phi) is 5.23. The molecule has 4 nitrogen and oxygen atoms in total. The summed E-state index contributed by atoms with van der Waals surface area (Å²) < 4.78 is 38.6. The van der Waals surface area contributed by atoms with Crippen LogP contribution >= 0.6 is 0 Å². The van der Waals surface area contributed by atoms with Gasteiger partial charge in [-0.3, -0.25) is 9.59 Å². The first-order chi connectivity index (χ1) is 11.3. The minimum Gasteiger partial charge on any atom is -0.343 e. The summed E-state index contributed by atoms with van der Waals surface area (Å²) in [5.74, 6) is -1.22. The van der Waals surface area contributed by atoms with E-state index < -0.39 is 30.1 Å². The van der Waals surface area contributed by atoms with E-state index in [2.05, 4.69) is 10.6 Å². The number of carbonyl (C=O) groups excluding carboxylic acids is 2. The number of rotatable bonds is 4. The lowest BCUT2D eigenvalue weighted by Crippen LogP contribution is -2.33. The molecule has 0 aliphatic heterocycles. The molecule has 0 bridgehead atoms. The van der Waals surface area contributed by atoms with Gasteiger partial charge in [-0.1, -0.05) is 29.8 Å². The molecule has 0 heterocycles. The predicted octanol–water partition coefficient (Wildman–Crippen LogP) is 3.38. The van der Waals surface area contributed by atoms with Gasteiger partial charge >= 0.3 is 6.18 Å². The number of alkyl halides is 3. The van der Waals surface area contributed by atoms with Crippen molar-refractivity contribution in [3.05, 3.63) is 65.2 Å². The van der Waals surface area contributed by atoms with Crippen LogP contribution in [0.5, 0.6) is 0 Å². The van der Waals surface area contributed by atoms with E-state index in [9.17, 15) is 22.8 Å². The highest BCUT2D eigenvalue weighted by atomic mass is 19.4. The zero-order chi connectivity index (χ0) is 17.7. The number of aryl methyl sites for hydroxylation is 1. The Bertz CT molecular complexity index is 757. The van der Waals surface area contributed by atoms with Crippen LogP contribution in [0.15, 0.2) is 48.5 Å². The SMILES string of the molecule is Cc1cccc(C(=O)NCC(=O)Nc2ccccc2C(F)(F)F)c1. The maximum atomic E-state index is 12.9. The van der Waals surface area contributed by atoms with Gasteiger partial charge in [0.15, 0.2) is 0 Å². The summed E-state index contributed by atoms with van der Waals surface area (Å²) >= 11 is 0. The molecule has 0 aliphatic carbocycles. The van der Waals surface area contributed by atoms with Crippen molar-refractivity contribution in [3.8, 4) is 0 Å². The van der Waals surface area contributed by atoms with Crippen LogP contribution in [-0.2, 0) is 11.0 Å². The summed E-state index contributed by atoms with van der Waals surface area (Å²) in [7, 11) is 0. The van der Waals surface area contributed by atoms with Crippen LogP contribution in [-0.4, -0.2) is 18.4 Å². The fraction of sp³-hybridized carbons (Fsp3) is 0.176. The van der Waals surface area contributed by atoms with E-state index in [1.807, 2.05) is 13.0 Å². The van der Waals surface area contributed by atoms with E-state index in [1.165, 1.54) is 12.1 Å². The molecule has 0 unspecified atom stereocenters. The lowest BCUT2D eigenvalue weighted by Gasteiger charge is -2.13. The van der Waals surface area contributed by atoms with Gasteiger partial charge in [0.2, 0.25) is 5.91 Å². The van der Waals surface area contributed by atoms with Gasteiger partial charge in [-0.05, 0) is 31.2 Å². The smallest absolute Gasteiger partial charge is 0.343 e. The van der Waals surface area contributed by atoms with Crippen LogP contribution in [0.3, 0.4) is 0 Å². The van der Waals surface area contributed by atoms with Gasteiger partial charge in [-0.15, -0.1) is 0 Å². The van der Waals surface area contributed by atoms with E-state index in [1.54, 1.807) is 18.2 Å². The highest BCUT2D eigenvalue weighted by Gasteiger charge is 2.33. The van der Waals surface area contributed by atoms with Gasteiger partial charge in [-0.25, -0.2) is 0 Å². The van der Waals surface area contributed by atoms with Crippen molar-refractivity contribution >= 4 is 17.5 Å². The van der Waals surface area contributed by atoms with Gasteiger partial charge in [0.05, 0.1) is 17.8 Å². The van der Waals surface area contributed by atoms with Crippen molar-refractivity contribution in [3.63, 3.8) is 0 Å². The number of carbonyl (C=O) groups is 2. The maximum absolute atomic E-state index is 12.9. The zero-order valence-corrected chi connectivity index (χ0v) is 12.8. The topological polar surface area (TPSA) is 58.2 Å². The Morgan fingerprint density at radius 3 is 2.42 bits per heavy atom. The first-order valence-corrected chi connectivity index (χ1v) is 7.08. The number of halogens is 3. The second kappa shape index (κ2) is 7.16. The molecular formula is C17H15F3N2O2. The average Bonchev–Trinajstić information content (AvgIpc) is 2.52. The van der Waals surface area contributed by atoms with E-state index in [-0.39, 0.29) is 5.69 Å². The number of amides is 2. The summed E-state index contributed by atoms with van der Waals surface area (Å²) in [5.41, 5.74) is -0.0344. The van der Waals surface area contributed by atoms with E-state index >= 15 is 0 Å². The first kappa shape index (κ1) is 17.5. The normalized spacial score (nSPS) is 11.0. The molecular weight excluding hydrogens is 321 g/mol. The summed E-state index contributed by atoms with van der Waals surface area (Å²) in [5, 5.41) is 4.53. The molecule has 2 rings (SSSR count). The molecule has 0 aromatic heterocycles.